The van der Waals surface area contributed by atoms with Crippen molar-refractivity contribution in [3.8, 4) is 17.2 Å². The van der Waals surface area contributed by atoms with Gasteiger partial charge in [-0.25, -0.2) is 8.42 Å². The van der Waals surface area contributed by atoms with Crippen LogP contribution in [0.4, 0.5) is 0 Å². The lowest BCUT2D eigenvalue weighted by Crippen LogP contribution is -2.23. The molecule has 1 fully saturated rings. The topological polar surface area (TPSA) is 65.1 Å². The van der Waals surface area contributed by atoms with Crippen molar-refractivity contribution in [1.29, 1.82) is 0 Å². The van der Waals surface area contributed by atoms with Crippen molar-refractivity contribution in [3.05, 3.63) is 53.6 Å². The first-order valence-corrected chi connectivity index (χ1v) is 12.1. The number of ether oxygens (including phenoxy) is 3. The fourth-order valence-corrected chi connectivity index (χ4v) is 4.28. The molecule has 1 saturated heterocycles. The van der Waals surface area contributed by atoms with Crippen molar-refractivity contribution < 1.29 is 22.6 Å². The van der Waals surface area contributed by atoms with Gasteiger partial charge in [0, 0.05) is 18.8 Å². The van der Waals surface area contributed by atoms with Gasteiger partial charge in [-0.15, -0.1) is 0 Å². The molecule has 1 atom stereocenters. The van der Waals surface area contributed by atoms with Gasteiger partial charge in [-0.2, -0.15) is 0 Å². The van der Waals surface area contributed by atoms with E-state index in [1.54, 1.807) is 0 Å². The van der Waals surface area contributed by atoms with Crippen LogP contribution < -0.4 is 14.2 Å². The van der Waals surface area contributed by atoms with Crippen molar-refractivity contribution in [1.82, 2.24) is 4.90 Å². The molecule has 0 N–H and O–H groups in total. The zero-order chi connectivity index (χ0) is 20.3. The Bertz CT molecular complexity index is 942. The minimum Gasteiger partial charge on any atom is -0.493 e. The second-order valence-electron chi connectivity index (χ2n) is 7.65. The van der Waals surface area contributed by atoms with E-state index in [1.807, 2.05) is 18.2 Å². The molecule has 0 saturated carbocycles. The fourth-order valence-electron chi connectivity index (χ4n) is 3.90. The Labute approximate surface area is 172 Å². The summed E-state index contributed by atoms with van der Waals surface area (Å²) in [5.41, 5.74) is 2.48. The average Bonchev–Trinajstić information content (AvgIpc) is 3.16. The molecule has 2 aliphatic rings. The van der Waals surface area contributed by atoms with Crippen LogP contribution in [0, 0.1) is 0 Å². The molecular weight excluding hydrogens is 390 g/mol. The number of likely N-dealkylation sites (tertiary alicyclic amines) is 1. The lowest BCUT2D eigenvalue weighted by molar-refractivity contribution is 0.170. The Morgan fingerprint density at radius 3 is 2.59 bits per heavy atom. The Hall–Kier alpha value is -2.25. The number of fused-ring (bicyclic) bond motifs is 1. The zero-order valence-electron chi connectivity index (χ0n) is 16.7. The van der Waals surface area contributed by atoms with E-state index < -0.39 is 9.84 Å². The SMILES string of the molecule is CS(=O)(=O)CCOc1ccc(CN2CCCC2c2ccc3c(c2)OCCO3)cc1. The summed E-state index contributed by atoms with van der Waals surface area (Å²) in [5.74, 6) is 2.40. The van der Waals surface area contributed by atoms with Crippen LogP contribution in [0.2, 0.25) is 0 Å². The van der Waals surface area contributed by atoms with Gasteiger partial charge in [0.25, 0.3) is 0 Å². The van der Waals surface area contributed by atoms with Crippen LogP contribution in [0.1, 0.15) is 30.0 Å². The largest absolute Gasteiger partial charge is 0.493 e. The van der Waals surface area contributed by atoms with E-state index in [-0.39, 0.29) is 12.4 Å². The summed E-state index contributed by atoms with van der Waals surface area (Å²) in [4.78, 5) is 2.49. The number of rotatable bonds is 7. The maximum Gasteiger partial charge on any atom is 0.161 e. The second kappa shape index (κ2) is 8.63. The molecule has 2 aromatic rings. The van der Waals surface area contributed by atoms with Crippen molar-refractivity contribution in [2.45, 2.75) is 25.4 Å². The fraction of sp³-hybridized carbons (Fsp3) is 0.455. The number of hydrogen-bond donors (Lipinski definition) is 0. The number of hydrogen-bond acceptors (Lipinski definition) is 6. The van der Waals surface area contributed by atoms with Crippen molar-refractivity contribution in [3.63, 3.8) is 0 Å². The molecule has 29 heavy (non-hydrogen) atoms. The van der Waals surface area contributed by atoms with E-state index in [0.717, 1.165) is 31.0 Å². The van der Waals surface area contributed by atoms with Gasteiger partial charge in [-0.1, -0.05) is 18.2 Å². The second-order valence-corrected chi connectivity index (χ2v) is 9.91. The first kappa shape index (κ1) is 20.0. The summed E-state index contributed by atoms with van der Waals surface area (Å²) in [6, 6.07) is 14.6. The summed E-state index contributed by atoms with van der Waals surface area (Å²) in [7, 11) is -3.01. The van der Waals surface area contributed by atoms with Crippen LogP contribution in [0.3, 0.4) is 0 Å². The molecule has 0 spiro atoms. The normalized spacial score (nSPS) is 19.3. The van der Waals surface area contributed by atoms with Gasteiger partial charge in [0.1, 0.15) is 25.6 Å². The molecule has 7 heteroatoms. The summed E-state index contributed by atoms with van der Waals surface area (Å²) < 4.78 is 39.3. The van der Waals surface area contributed by atoms with Gasteiger partial charge in [0.15, 0.2) is 21.3 Å². The van der Waals surface area contributed by atoms with Crippen LogP contribution >= 0.6 is 0 Å². The van der Waals surface area contributed by atoms with Crippen LogP contribution in [-0.4, -0.2) is 51.7 Å². The summed E-state index contributed by atoms with van der Waals surface area (Å²) in [5, 5.41) is 0. The number of nitrogens with zero attached hydrogens (tertiary/aromatic N) is 1. The molecule has 0 amide bonds. The minimum atomic E-state index is -3.01. The van der Waals surface area contributed by atoms with Gasteiger partial charge < -0.3 is 14.2 Å². The van der Waals surface area contributed by atoms with Crippen LogP contribution in [0.25, 0.3) is 0 Å². The van der Waals surface area contributed by atoms with E-state index in [1.165, 1.54) is 23.8 Å². The maximum absolute atomic E-state index is 11.2. The predicted octanol–water partition coefficient (Wildman–Crippen LogP) is 3.22. The third-order valence-corrected chi connectivity index (χ3v) is 6.25. The van der Waals surface area contributed by atoms with E-state index >= 15 is 0 Å². The molecule has 2 aliphatic heterocycles. The van der Waals surface area contributed by atoms with E-state index in [2.05, 4.69) is 29.2 Å². The summed E-state index contributed by atoms with van der Waals surface area (Å²) in [6.45, 7) is 3.31. The van der Waals surface area contributed by atoms with Crippen LogP contribution in [0.5, 0.6) is 17.2 Å². The lowest BCUT2D eigenvalue weighted by Gasteiger charge is -2.26. The summed E-state index contributed by atoms with van der Waals surface area (Å²) >= 11 is 0. The first-order chi connectivity index (χ1) is 14.0. The highest BCUT2D eigenvalue weighted by Gasteiger charge is 2.27. The van der Waals surface area contributed by atoms with Gasteiger partial charge in [-0.05, 0) is 54.8 Å². The van der Waals surface area contributed by atoms with Crippen LogP contribution in [-0.2, 0) is 16.4 Å². The quantitative estimate of drug-likeness (QED) is 0.689. The average molecular weight is 418 g/mol. The molecule has 0 aliphatic carbocycles. The van der Waals surface area contributed by atoms with E-state index in [9.17, 15) is 8.42 Å². The maximum atomic E-state index is 11.2. The lowest BCUT2D eigenvalue weighted by atomic mass is 10.0. The Kier molecular flexibility index (Phi) is 5.96. The zero-order valence-corrected chi connectivity index (χ0v) is 17.5. The van der Waals surface area contributed by atoms with Gasteiger partial charge in [0.05, 0.1) is 5.75 Å². The standard InChI is InChI=1S/C22H27NO5S/c1-29(24,25)14-13-26-19-7-4-17(5-8-19)16-23-10-2-3-20(23)18-6-9-21-22(15-18)28-12-11-27-21/h4-9,15,20H,2-3,10-14,16H2,1H3. The van der Waals surface area contributed by atoms with Crippen molar-refractivity contribution >= 4 is 9.84 Å². The molecular formula is C22H27NO5S. The Morgan fingerprint density at radius 2 is 1.83 bits per heavy atom. The first-order valence-electron chi connectivity index (χ1n) is 10.0. The van der Waals surface area contributed by atoms with Crippen LogP contribution in [0.15, 0.2) is 42.5 Å². The molecule has 1 unspecified atom stereocenters. The van der Waals surface area contributed by atoms with Gasteiger partial charge in [0.2, 0.25) is 0 Å². The molecule has 0 aromatic heterocycles. The molecule has 2 aromatic carbocycles. The van der Waals surface area contributed by atoms with Crippen molar-refractivity contribution in [2.75, 3.05) is 38.4 Å². The molecule has 0 radical (unpaired) electrons. The van der Waals surface area contributed by atoms with E-state index in [4.69, 9.17) is 14.2 Å². The smallest absolute Gasteiger partial charge is 0.161 e. The Morgan fingerprint density at radius 1 is 1.07 bits per heavy atom. The molecule has 2 heterocycles. The Balaban J connectivity index is 1.38. The third kappa shape index (κ3) is 5.22. The number of sulfone groups is 1. The van der Waals surface area contributed by atoms with Crippen molar-refractivity contribution in [2.24, 2.45) is 0 Å². The molecule has 4 rings (SSSR count). The molecule has 6 nitrogen and oxygen atoms in total. The highest BCUT2D eigenvalue weighted by atomic mass is 32.2. The van der Waals surface area contributed by atoms with Gasteiger partial charge >= 0.3 is 0 Å². The highest BCUT2D eigenvalue weighted by Crippen LogP contribution is 2.38. The molecule has 0 bridgehead atoms. The highest BCUT2D eigenvalue weighted by molar-refractivity contribution is 7.90. The number of benzene rings is 2. The minimum absolute atomic E-state index is 0.0275. The van der Waals surface area contributed by atoms with E-state index in [0.29, 0.717) is 25.0 Å². The molecule has 156 valence electrons. The van der Waals surface area contributed by atoms with Gasteiger partial charge in [-0.3, -0.25) is 4.90 Å². The predicted molar refractivity (Wildman–Crippen MR) is 111 cm³/mol. The third-order valence-electron chi connectivity index (χ3n) is 5.35. The monoisotopic (exact) mass is 417 g/mol. The summed E-state index contributed by atoms with van der Waals surface area (Å²) in [6.07, 6.45) is 3.52.